The molecule has 1 aromatic carbocycles. The summed E-state index contributed by atoms with van der Waals surface area (Å²) in [6.07, 6.45) is 6.35. The summed E-state index contributed by atoms with van der Waals surface area (Å²) in [5.74, 6) is 0. The summed E-state index contributed by atoms with van der Waals surface area (Å²) in [7, 11) is -3.20. The third kappa shape index (κ3) is 2.53. The first-order valence-corrected chi connectivity index (χ1v) is 7.91. The molecule has 0 bridgehead atoms. The number of hydrogen-bond acceptors (Lipinski definition) is 3. The van der Waals surface area contributed by atoms with Crippen molar-refractivity contribution in [1.82, 2.24) is 0 Å². The zero-order chi connectivity index (χ0) is 12.5. The second-order valence-corrected chi connectivity index (χ2v) is 6.97. The Morgan fingerprint density at radius 2 is 1.71 bits per heavy atom. The van der Waals surface area contributed by atoms with Crippen molar-refractivity contribution in [1.29, 1.82) is 0 Å². The molecule has 0 amide bonds. The van der Waals surface area contributed by atoms with Crippen LogP contribution in [0.25, 0.3) is 0 Å². The molecule has 0 aliphatic heterocycles. The van der Waals surface area contributed by atoms with Crippen molar-refractivity contribution < 1.29 is 8.42 Å². The zero-order valence-corrected chi connectivity index (χ0v) is 11.0. The molecule has 3 nitrogen and oxygen atoms in total. The largest absolute Gasteiger partial charge is 0.321 e. The van der Waals surface area contributed by atoms with E-state index < -0.39 is 15.4 Å². The first-order valence-electron chi connectivity index (χ1n) is 6.02. The maximum atomic E-state index is 11.8. The van der Waals surface area contributed by atoms with Crippen molar-refractivity contribution in [2.24, 2.45) is 5.73 Å². The molecule has 1 aliphatic carbocycles. The lowest BCUT2D eigenvalue weighted by atomic mass is 9.77. The monoisotopic (exact) mass is 253 g/mol. The summed E-state index contributed by atoms with van der Waals surface area (Å²) in [6.45, 7) is 0. The van der Waals surface area contributed by atoms with Crippen LogP contribution in [0.1, 0.15) is 37.7 Å². The van der Waals surface area contributed by atoms with Gasteiger partial charge in [-0.1, -0.05) is 37.5 Å². The number of sulfone groups is 1. The second-order valence-electron chi connectivity index (χ2n) is 4.99. The van der Waals surface area contributed by atoms with Crippen LogP contribution in [0.5, 0.6) is 0 Å². The SMILES string of the molecule is CS(=O)(=O)c1ccccc1C1(N)CCCCC1. The minimum absolute atomic E-state index is 0.393. The maximum Gasteiger partial charge on any atom is 0.175 e. The summed E-state index contributed by atoms with van der Waals surface area (Å²) in [6, 6.07) is 7.15. The van der Waals surface area contributed by atoms with E-state index in [4.69, 9.17) is 5.73 Å². The minimum Gasteiger partial charge on any atom is -0.321 e. The Labute approximate surface area is 103 Å². The van der Waals surface area contributed by atoms with Gasteiger partial charge in [-0.05, 0) is 24.5 Å². The molecule has 2 rings (SSSR count). The van der Waals surface area contributed by atoms with E-state index in [2.05, 4.69) is 0 Å². The van der Waals surface area contributed by atoms with Gasteiger partial charge in [0, 0.05) is 11.8 Å². The summed E-state index contributed by atoms with van der Waals surface area (Å²) in [4.78, 5) is 0.393. The van der Waals surface area contributed by atoms with Gasteiger partial charge in [0.15, 0.2) is 9.84 Å². The molecule has 17 heavy (non-hydrogen) atoms. The van der Waals surface area contributed by atoms with E-state index >= 15 is 0 Å². The van der Waals surface area contributed by atoms with Crippen molar-refractivity contribution in [2.45, 2.75) is 42.5 Å². The van der Waals surface area contributed by atoms with Crippen LogP contribution in [0.2, 0.25) is 0 Å². The Balaban J connectivity index is 2.51. The average molecular weight is 253 g/mol. The first kappa shape index (κ1) is 12.6. The summed E-state index contributed by atoms with van der Waals surface area (Å²) < 4.78 is 23.6. The van der Waals surface area contributed by atoms with Gasteiger partial charge in [0.25, 0.3) is 0 Å². The third-order valence-electron chi connectivity index (χ3n) is 3.57. The quantitative estimate of drug-likeness (QED) is 0.879. The Bertz CT molecular complexity index is 502. The molecule has 0 radical (unpaired) electrons. The molecule has 0 spiro atoms. The molecular weight excluding hydrogens is 234 g/mol. The molecule has 1 saturated carbocycles. The van der Waals surface area contributed by atoms with E-state index in [1.54, 1.807) is 12.1 Å². The van der Waals surface area contributed by atoms with Crippen LogP contribution in [-0.2, 0) is 15.4 Å². The van der Waals surface area contributed by atoms with Crippen LogP contribution in [0.3, 0.4) is 0 Å². The molecule has 4 heteroatoms. The highest BCUT2D eigenvalue weighted by Gasteiger charge is 2.33. The second kappa shape index (κ2) is 4.42. The first-order chi connectivity index (χ1) is 7.93. The number of rotatable bonds is 2. The standard InChI is InChI=1S/C13H19NO2S/c1-17(15,16)12-8-4-3-7-11(12)13(14)9-5-2-6-10-13/h3-4,7-8H,2,5-6,9-10,14H2,1H3. The predicted octanol–water partition coefficient (Wildman–Crippen LogP) is 2.21. The van der Waals surface area contributed by atoms with Crippen LogP contribution in [-0.4, -0.2) is 14.7 Å². The maximum absolute atomic E-state index is 11.8. The third-order valence-corrected chi connectivity index (χ3v) is 4.72. The molecule has 94 valence electrons. The Morgan fingerprint density at radius 1 is 1.12 bits per heavy atom. The van der Waals surface area contributed by atoms with Crippen LogP contribution in [0, 0.1) is 0 Å². The molecule has 1 aromatic rings. The van der Waals surface area contributed by atoms with Crippen LogP contribution in [0.4, 0.5) is 0 Å². The van der Waals surface area contributed by atoms with E-state index in [9.17, 15) is 8.42 Å². The van der Waals surface area contributed by atoms with Gasteiger partial charge in [-0.25, -0.2) is 8.42 Å². The van der Waals surface area contributed by atoms with E-state index in [1.807, 2.05) is 12.1 Å². The van der Waals surface area contributed by atoms with E-state index in [-0.39, 0.29) is 0 Å². The van der Waals surface area contributed by atoms with Crippen molar-refractivity contribution >= 4 is 9.84 Å². The highest BCUT2D eigenvalue weighted by atomic mass is 32.2. The summed E-state index contributed by atoms with van der Waals surface area (Å²) in [5.41, 5.74) is 6.75. The molecule has 0 heterocycles. The minimum atomic E-state index is -3.20. The van der Waals surface area contributed by atoms with Crippen LogP contribution < -0.4 is 5.73 Å². The lowest BCUT2D eigenvalue weighted by Gasteiger charge is -2.35. The summed E-state index contributed by atoms with van der Waals surface area (Å²) >= 11 is 0. The van der Waals surface area contributed by atoms with Gasteiger partial charge in [-0.15, -0.1) is 0 Å². The van der Waals surface area contributed by atoms with E-state index in [1.165, 1.54) is 12.7 Å². The topological polar surface area (TPSA) is 60.2 Å². The van der Waals surface area contributed by atoms with E-state index in [0.717, 1.165) is 31.2 Å². The van der Waals surface area contributed by atoms with Crippen molar-refractivity contribution in [3.63, 3.8) is 0 Å². The lowest BCUT2D eigenvalue weighted by molar-refractivity contribution is 0.297. The fourth-order valence-electron chi connectivity index (χ4n) is 2.65. The average Bonchev–Trinajstić information content (AvgIpc) is 2.29. The Morgan fingerprint density at radius 3 is 2.29 bits per heavy atom. The van der Waals surface area contributed by atoms with Crippen molar-refractivity contribution in [3.8, 4) is 0 Å². The fourth-order valence-corrected chi connectivity index (χ4v) is 3.65. The number of benzene rings is 1. The molecule has 0 aromatic heterocycles. The molecule has 0 atom stereocenters. The molecule has 0 unspecified atom stereocenters. The highest BCUT2D eigenvalue weighted by molar-refractivity contribution is 7.90. The van der Waals surface area contributed by atoms with Gasteiger partial charge in [0.2, 0.25) is 0 Å². The zero-order valence-electron chi connectivity index (χ0n) is 10.1. The molecular formula is C13H19NO2S. The van der Waals surface area contributed by atoms with E-state index in [0.29, 0.717) is 4.90 Å². The Kier molecular flexibility index (Phi) is 3.27. The van der Waals surface area contributed by atoms with Crippen molar-refractivity contribution in [2.75, 3.05) is 6.26 Å². The molecule has 1 aliphatic rings. The molecule has 1 fully saturated rings. The predicted molar refractivity (Wildman–Crippen MR) is 68.5 cm³/mol. The Hall–Kier alpha value is -0.870. The van der Waals surface area contributed by atoms with Crippen molar-refractivity contribution in [3.05, 3.63) is 29.8 Å². The van der Waals surface area contributed by atoms with Gasteiger partial charge < -0.3 is 5.73 Å². The number of nitrogens with two attached hydrogens (primary N) is 1. The van der Waals surface area contributed by atoms with Gasteiger partial charge in [0.1, 0.15) is 0 Å². The van der Waals surface area contributed by atoms with Crippen LogP contribution >= 0.6 is 0 Å². The molecule has 2 N–H and O–H groups in total. The molecule has 0 saturated heterocycles. The lowest BCUT2D eigenvalue weighted by Crippen LogP contribution is -2.39. The highest BCUT2D eigenvalue weighted by Crippen LogP contribution is 2.37. The van der Waals surface area contributed by atoms with Gasteiger partial charge >= 0.3 is 0 Å². The van der Waals surface area contributed by atoms with Gasteiger partial charge in [-0.3, -0.25) is 0 Å². The normalized spacial score (nSPS) is 20.1. The van der Waals surface area contributed by atoms with Gasteiger partial charge in [0.05, 0.1) is 4.90 Å². The van der Waals surface area contributed by atoms with Crippen LogP contribution in [0.15, 0.2) is 29.2 Å². The summed E-state index contributed by atoms with van der Waals surface area (Å²) in [5, 5.41) is 0. The fraction of sp³-hybridized carbons (Fsp3) is 0.538. The number of hydrogen-bond donors (Lipinski definition) is 1. The van der Waals surface area contributed by atoms with Gasteiger partial charge in [-0.2, -0.15) is 0 Å². The smallest absolute Gasteiger partial charge is 0.175 e.